The SMILES string of the molecule is O=C(c1ccco1)N1CC[C@@H](C2CCN(Cc3cccnc3)CC2)C1. The van der Waals surface area contributed by atoms with E-state index >= 15 is 0 Å². The molecule has 2 aliphatic heterocycles. The normalized spacial score (nSPS) is 22.4. The third-order valence-electron chi connectivity index (χ3n) is 5.67. The fraction of sp³-hybridized carbons (Fsp3) is 0.500. The number of piperidine rings is 1. The Bertz CT molecular complexity index is 678. The minimum Gasteiger partial charge on any atom is -0.459 e. The van der Waals surface area contributed by atoms with Crippen LogP contribution >= 0.6 is 0 Å². The summed E-state index contributed by atoms with van der Waals surface area (Å²) in [5.41, 5.74) is 1.29. The van der Waals surface area contributed by atoms with Gasteiger partial charge in [-0.25, -0.2) is 0 Å². The van der Waals surface area contributed by atoms with Gasteiger partial charge in [0.25, 0.3) is 5.91 Å². The molecule has 1 atom stereocenters. The summed E-state index contributed by atoms with van der Waals surface area (Å²) in [5, 5.41) is 0. The van der Waals surface area contributed by atoms with Gasteiger partial charge in [-0.3, -0.25) is 14.7 Å². The molecule has 2 saturated heterocycles. The average molecular weight is 339 g/mol. The maximum Gasteiger partial charge on any atom is 0.289 e. The molecule has 2 aromatic rings. The molecule has 0 bridgehead atoms. The van der Waals surface area contributed by atoms with Crippen molar-refractivity contribution in [2.75, 3.05) is 26.2 Å². The highest BCUT2D eigenvalue weighted by molar-refractivity contribution is 5.91. The highest BCUT2D eigenvalue weighted by Gasteiger charge is 2.34. The van der Waals surface area contributed by atoms with Crippen molar-refractivity contribution in [3.63, 3.8) is 0 Å². The molecule has 4 heterocycles. The van der Waals surface area contributed by atoms with Crippen LogP contribution < -0.4 is 0 Å². The molecule has 0 spiro atoms. The number of furan rings is 1. The number of rotatable bonds is 4. The minimum atomic E-state index is 0.0431. The predicted molar refractivity (Wildman–Crippen MR) is 95.0 cm³/mol. The Labute approximate surface area is 148 Å². The zero-order valence-corrected chi connectivity index (χ0v) is 14.5. The molecular weight excluding hydrogens is 314 g/mol. The van der Waals surface area contributed by atoms with E-state index in [-0.39, 0.29) is 5.91 Å². The summed E-state index contributed by atoms with van der Waals surface area (Å²) in [6, 6.07) is 7.69. The zero-order chi connectivity index (χ0) is 17.1. The van der Waals surface area contributed by atoms with Gasteiger partial charge in [0.15, 0.2) is 5.76 Å². The third-order valence-corrected chi connectivity index (χ3v) is 5.67. The first-order valence-electron chi connectivity index (χ1n) is 9.23. The molecule has 0 aromatic carbocycles. The monoisotopic (exact) mass is 339 g/mol. The average Bonchev–Trinajstić information content (AvgIpc) is 3.35. The number of amides is 1. The van der Waals surface area contributed by atoms with Gasteiger partial charge < -0.3 is 9.32 Å². The Morgan fingerprint density at radius 1 is 1.12 bits per heavy atom. The van der Waals surface area contributed by atoms with Crippen LogP contribution in [0.3, 0.4) is 0 Å². The van der Waals surface area contributed by atoms with E-state index in [0.29, 0.717) is 11.7 Å². The minimum absolute atomic E-state index is 0.0431. The van der Waals surface area contributed by atoms with Crippen LogP contribution in [0.4, 0.5) is 0 Å². The van der Waals surface area contributed by atoms with Crippen molar-refractivity contribution in [1.82, 2.24) is 14.8 Å². The van der Waals surface area contributed by atoms with Gasteiger partial charge in [-0.1, -0.05) is 6.07 Å². The molecule has 4 rings (SSSR count). The van der Waals surface area contributed by atoms with Gasteiger partial charge in [-0.2, -0.15) is 0 Å². The Hall–Kier alpha value is -2.14. The van der Waals surface area contributed by atoms with Crippen LogP contribution in [0.1, 0.15) is 35.4 Å². The van der Waals surface area contributed by atoms with Crippen LogP contribution in [0.5, 0.6) is 0 Å². The van der Waals surface area contributed by atoms with Crippen LogP contribution in [0.15, 0.2) is 47.3 Å². The van der Waals surface area contributed by atoms with Crippen LogP contribution in [0.2, 0.25) is 0 Å². The van der Waals surface area contributed by atoms with E-state index in [9.17, 15) is 4.79 Å². The van der Waals surface area contributed by atoms with Crippen molar-refractivity contribution >= 4 is 5.91 Å². The second-order valence-corrected chi connectivity index (χ2v) is 7.25. The lowest BCUT2D eigenvalue weighted by molar-refractivity contribution is 0.0741. The van der Waals surface area contributed by atoms with E-state index in [1.807, 2.05) is 23.4 Å². The van der Waals surface area contributed by atoms with Crippen molar-refractivity contribution in [3.8, 4) is 0 Å². The second-order valence-electron chi connectivity index (χ2n) is 7.25. The summed E-state index contributed by atoms with van der Waals surface area (Å²) in [4.78, 5) is 21.1. The molecule has 0 radical (unpaired) electrons. The van der Waals surface area contributed by atoms with Gasteiger partial charge in [0.2, 0.25) is 0 Å². The summed E-state index contributed by atoms with van der Waals surface area (Å²) in [7, 11) is 0. The van der Waals surface area contributed by atoms with Gasteiger partial charge in [0.05, 0.1) is 6.26 Å². The van der Waals surface area contributed by atoms with Crippen molar-refractivity contribution in [2.45, 2.75) is 25.8 Å². The number of nitrogens with zero attached hydrogens (tertiary/aromatic N) is 3. The number of pyridine rings is 1. The fourth-order valence-corrected chi connectivity index (χ4v) is 4.24. The van der Waals surface area contributed by atoms with Gasteiger partial charge in [-0.05, 0) is 68.0 Å². The molecule has 25 heavy (non-hydrogen) atoms. The zero-order valence-electron chi connectivity index (χ0n) is 14.5. The number of likely N-dealkylation sites (tertiary alicyclic amines) is 2. The van der Waals surface area contributed by atoms with Crippen LogP contribution in [-0.4, -0.2) is 46.9 Å². The maximum atomic E-state index is 12.4. The van der Waals surface area contributed by atoms with E-state index in [2.05, 4.69) is 16.0 Å². The lowest BCUT2D eigenvalue weighted by Crippen LogP contribution is -2.37. The molecule has 5 heteroatoms. The molecule has 0 aliphatic carbocycles. The molecule has 5 nitrogen and oxygen atoms in total. The standard InChI is InChI=1S/C20H25N3O2/c24-20(19-4-2-12-25-19)23-11-7-18(15-23)17-5-9-22(10-6-17)14-16-3-1-8-21-13-16/h1-4,8,12-13,17-18H,5-7,9-11,14-15H2/t18-/m1/s1. The molecule has 2 fully saturated rings. The molecule has 2 aliphatic rings. The highest BCUT2D eigenvalue weighted by atomic mass is 16.3. The molecular formula is C20H25N3O2. The largest absolute Gasteiger partial charge is 0.459 e. The predicted octanol–water partition coefficient (Wildman–Crippen LogP) is 3.05. The van der Waals surface area contributed by atoms with Gasteiger partial charge in [0, 0.05) is 32.0 Å². The fourth-order valence-electron chi connectivity index (χ4n) is 4.24. The van der Waals surface area contributed by atoms with E-state index in [1.54, 1.807) is 18.4 Å². The van der Waals surface area contributed by atoms with Gasteiger partial charge in [0.1, 0.15) is 0 Å². The van der Waals surface area contributed by atoms with Crippen molar-refractivity contribution < 1.29 is 9.21 Å². The molecule has 0 N–H and O–H groups in total. The van der Waals surface area contributed by atoms with E-state index < -0.39 is 0 Å². The third kappa shape index (κ3) is 3.76. The van der Waals surface area contributed by atoms with Crippen LogP contribution in [-0.2, 0) is 6.54 Å². The second kappa shape index (κ2) is 7.40. The molecule has 0 saturated carbocycles. The van der Waals surface area contributed by atoms with Crippen LogP contribution in [0, 0.1) is 11.8 Å². The molecule has 0 unspecified atom stereocenters. The lowest BCUT2D eigenvalue weighted by Gasteiger charge is -2.34. The Morgan fingerprint density at radius 3 is 2.68 bits per heavy atom. The number of hydrogen-bond donors (Lipinski definition) is 0. The van der Waals surface area contributed by atoms with E-state index in [0.717, 1.165) is 45.1 Å². The highest BCUT2D eigenvalue weighted by Crippen LogP contribution is 2.32. The summed E-state index contributed by atoms with van der Waals surface area (Å²) < 4.78 is 5.26. The van der Waals surface area contributed by atoms with Crippen molar-refractivity contribution in [2.24, 2.45) is 11.8 Å². The van der Waals surface area contributed by atoms with Crippen LogP contribution in [0.25, 0.3) is 0 Å². The first-order chi connectivity index (χ1) is 12.3. The molecule has 2 aromatic heterocycles. The van der Waals surface area contributed by atoms with E-state index in [1.165, 1.54) is 18.4 Å². The van der Waals surface area contributed by atoms with E-state index in [4.69, 9.17) is 4.42 Å². The van der Waals surface area contributed by atoms with Gasteiger partial charge in [-0.15, -0.1) is 0 Å². The molecule has 132 valence electrons. The summed E-state index contributed by atoms with van der Waals surface area (Å²) in [6.45, 7) is 5.02. The first kappa shape index (κ1) is 16.3. The summed E-state index contributed by atoms with van der Waals surface area (Å²) in [6.07, 6.45) is 8.94. The Morgan fingerprint density at radius 2 is 1.96 bits per heavy atom. The quantitative estimate of drug-likeness (QED) is 0.859. The van der Waals surface area contributed by atoms with Gasteiger partial charge >= 0.3 is 0 Å². The molecule has 1 amide bonds. The number of carbonyl (C=O) groups excluding carboxylic acids is 1. The number of hydrogen-bond acceptors (Lipinski definition) is 4. The Balaban J connectivity index is 1.26. The van der Waals surface area contributed by atoms with Crippen molar-refractivity contribution in [1.29, 1.82) is 0 Å². The van der Waals surface area contributed by atoms with Crippen molar-refractivity contribution in [3.05, 3.63) is 54.2 Å². The first-order valence-corrected chi connectivity index (χ1v) is 9.23. The summed E-state index contributed by atoms with van der Waals surface area (Å²) >= 11 is 0. The topological polar surface area (TPSA) is 49.6 Å². The number of carbonyl (C=O) groups is 1. The summed E-state index contributed by atoms with van der Waals surface area (Å²) in [5.74, 6) is 1.88. The maximum absolute atomic E-state index is 12.4. The lowest BCUT2D eigenvalue weighted by atomic mass is 9.83. The number of aromatic nitrogens is 1. The smallest absolute Gasteiger partial charge is 0.289 e. The Kier molecular flexibility index (Phi) is 4.83.